The van der Waals surface area contributed by atoms with Crippen molar-refractivity contribution in [2.24, 2.45) is 0 Å². The summed E-state index contributed by atoms with van der Waals surface area (Å²) in [7, 11) is 0. The number of furan rings is 5. The van der Waals surface area contributed by atoms with Gasteiger partial charge in [-0.25, -0.2) is 4.98 Å². The molecule has 0 bridgehead atoms. The van der Waals surface area contributed by atoms with Crippen LogP contribution >= 0.6 is 0 Å². The Morgan fingerprint density at radius 1 is 0.266 bits per heavy atom. The SMILES string of the molecule is CC(C)c1ccc(-c2cccc3c2oc2cccnc23)cc1.CC(C)c1ccc(-c2cccc3c2oc2ccncc23)cc1.CC(C)c1ccc(-c2cccc3c2oc2cnccc23)cc1.CC(C)c1ccc(-c2cccc3c2oc2ncccc23)cc1.[2H]C([2H])(C)c1ccc(-c2cncc3c2oc2ccccc23)cc1. The molecule has 0 aliphatic carbocycles. The Balaban J connectivity index is 0.000000105. The molecule has 10 nitrogen and oxygen atoms in total. The number of nitrogens with zero attached hydrogens (tertiary/aromatic N) is 5. The van der Waals surface area contributed by atoms with Gasteiger partial charge >= 0.3 is 0 Å². The second kappa shape index (κ2) is 30.8. The number of para-hydroxylation sites is 5. The Labute approximate surface area is 636 Å². The van der Waals surface area contributed by atoms with E-state index in [4.69, 9.17) is 24.8 Å². The van der Waals surface area contributed by atoms with Gasteiger partial charge in [0.15, 0.2) is 11.2 Å². The van der Waals surface area contributed by atoms with Crippen molar-refractivity contribution in [1.82, 2.24) is 24.9 Å². The number of benzene rings is 10. The molecule has 0 radical (unpaired) electrons. The summed E-state index contributed by atoms with van der Waals surface area (Å²) in [5.74, 6) is 2.17. The predicted octanol–water partition coefficient (Wildman–Crippen LogP) is 28.3. The summed E-state index contributed by atoms with van der Waals surface area (Å²) >= 11 is 0. The summed E-state index contributed by atoms with van der Waals surface area (Å²) in [4.78, 5) is 21.5. The van der Waals surface area contributed by atoms with Gasteiger partial charge in [-0.3, -0.25) is 19.9 Å². The molecule has 0 unspecified atom stereocenters. The molecule has 0 saturated carbocycles. The molecule has 534 valence electrons. The number of hydrogen-bond acceptors (Lipinski definition) is 10. The van der Waals surface area contributed by atoms with Crippen LogP contribution in [-0.2, 0) is 6.37 Å². The van der Waals surface area contributed by atoms with E-state index in [0.29, 0.717) is 34.9 Å². The van der Waals surface area contributed by atoms with Crippen molar-refractivity contribution in [3.8, 4) is 55.6 Å². The molecule has 0 fully saturated rings. The van der Waals surface area contributed by atoms with Gasteiger partial charge < -0.3 is 22.1 Å². The first-order valence-electron chi connectivity index (χ1n) is 38.3. The number of pyridine rings is 5. The molecule has 0 spiro atoms. The van der Waals surface area contributed by atoms with Crippen LogP contribution in [0.1, 0.15) is 117 Å². The van der Waals surface area contributed by atoms with E-state index in [1.165, 1.54) is 44.5 Å². The van der Waals surface area contributed by atoms with Crippen molar-refractivity contribution < 1.29 is 24.8 Å². The molecule has 10 aromatic carbocycles. The fourth-order valence-corrected chi connectivity index (χ4v) is 14.3. The molecule has 109 heavy (non-hydrogen) atoms. The van der Waals surface area contributed by atoms with Crippen LogP contribution in [0.15, 0.2) is 326 Å². The Hall–Kier alpha value is -13.1. The van der Waals surface area contributed by atoms with Crippen molar-refractivity contribution in [3.05, 3.63) is 332 Å². The second-order valence-corrected chi connectivity index (χ2v) is 28.7. The van der Waals surface area contributed by atoms with Gasteiger partial charge in [0.2, 0.25) is 5.71 Å². The summed E-state index contributed by atoms with van der Waals surface area (Å²) in [6.45, 7) is 19.2. The molecular formula is C99H83N5O5. The molecular weight excluding hydrogens is 1340 g/mol. The normalized spacial score (nSPS) is 11.9. The molecule has 0 saturated heterocycles. The van der Waals surface area contributed by atoms with Gasteiger partial charge in [-0.05, 0) is 134 Å². The monoisotopic (exact) mass is 1420 g/mol. The minimum absolute atomic E-state index is 0.542. The van der Waals surface area contributed by atoms with Crippen molar-refractivity contribution in [1.29, 1.82) is 0 Å². The lowest BCUT2D eigenvalue weighted by atomic mass is 9.98. The van der Waals surface area contributed by atoms with Crippen LogP contribution in [-0.4, -0.2) is 24.9 Å². The number of rotatable bonds is 10. The van der Waals surface area contributed by atoms with Crippen LogP contribution in [0, 0.1) is 0 Å². The largest absolute Gasteiger partial charge is 0.455 e. The van der Waals surface area contributed by atoms with E-state index >= 15 is 0 Å². The fourth-order valence-electron chi connectivity index (χ4n) is 14.3. The molecule has 10 heterocycles. The van der Waals surface area contributed by atoms with E-state index < -0.39 is 6.37 Å². The summed E-state index contributed by atoms with van der Waals surface area (Å²) in [5, 5.41) is 9.75. The number of aromatic nitrogens is 5. The summed E-state index contributed by atoms with van der Waals surface area (Å²) in [5.41, 5.74) is 26.7. The van der Waals surface area contributed by atoms with E-state index in [-0.39, 0.29) is 0 Å². The molecule has 0 amide bonds. The van der Waals surface area contributed by atoms with Gasteiger partial charge in [0.25, 0.3) is 0 Å². The lowest BCUT2D eigenvalue weighted by Gasteiger charge is -2.07. The van der Waals surface area contributed by atoms with Crippen molar-refractivity contribution in [3.63, 3.8) is 0 Å². The number of aryl methyl sites for hydroxylation is 1. The van der Waals surface area contributed by atoms with Gasteiger partial charge in [0.1, 0.15) is 44.6 Å². The third-order valence-electron chi connectivity index (χ3n) is 20.5. The molecule has 0 aliphatic rings. The highest BCUT2D eigenvalue weighted by Gasteiger charge is 2.19. The highest BCUT2D eigenvalue weighted by Crippen LogP contribution is 2.41. The second-order valence-electron chi connectivity index (χ2n) is 28.7. The molecule has 20 rings (SSSR count). The Morgan fingerprint density at radius 2 is 0.642 bits per heavy atom. The van der Waals surface area contributed by atoms with Crippen LogP contribution in [0.2, 0.25) is 0 Å². The topological polar surface area (TPSA) is 130 Å². The predicted molar refractivity (Wildman–Crippen MR) is 450 cm³/mol. The van der Waals surface area contributed by atoms with Crippen LogP contribution in [0.4, 0.5) is 0 Å². The summed E-state index contributed by atoms with van der Waals surface area (Å²) in [6, 6.07) is 87.3. The molecule has 0 aliphatic heterocycles. The van der Waals surface area contributed by atoms with Gasteiger partial charge in [0, 0.05) is 122 Å². The number of fused-ring (bicyclic) bond motifs is 15. The lowest BCUT2D eigenvalue weighted by molar-refractivity contribution is 0.655. The quantitative estimate of drug-likeness (QED) is 0.130. The zero-order valence-electron chi connectivity index (χ0n) is 64.5. The van der Waals surface area contributed by atoms with E-state index in [1.807, 2.05) is 91.3 Å². The third-order valence-corrected chi connectivity index (χ3v) is 20.5. The summed E-state index contributed by atoms with van der Waals surface area (Å²) < 4.78 is 45.8. The Kier molecular flexibility index (Phi) is 19.2. The molecule has 20 aromatic rings. The average molecular weight is 1420 g/mol. The highest BCUT2D eigenvalue weighted by molar-refractivity contribution is 6.13. The van der Waals surface area contributed by atoms with E-state index in [0.717, 1.165) is 138 Å². The smallest absolute Gasteiger partial charge is 0.227 e. The highest BCUT2D eigenvalue weighted by atomic mass is 16.3. The maximum atomic E-state index is 7.79. The van der Waals surface area contributed by atoms with Crippen LogP contribution in [0.25, 0.3) is 166 Å². The Morgan fingerprint density at radius 3 is 1.19 bits per heavy atom. The van der Waals surface area contributed by atoms with E-state index in [9.17, 15) is 0 Å². The molecule has 0 atom stereocenters. The Bertz CT molecular complexity index is 6040. The van der Waals surface area contributed by atoms with E-state index in [2.05, 4.69) is 256 Å². The molecule has 10 aromatic heterocycles. The van der Waals surface area contributed by atoms with Crippen molar-refractivity contribution >= 4 is 110 Å². The number of hydrogen-bond donors (Lipinski definition) is 0. The first-order chi connectivity index (χ1) is 54.0. The first-order valence-corrected chi connectivity index (χ1v) is 37.3. The molecule has 10 heteroatoms. The van der Waals surface area contributed by atoms with Crippen molar-refractivity contribution in [2.45, 2.75) is 92.4 Å². The standard InChI is InChI=1S/4C20H17NO.C19H15NO/c1-13(2)14-8-10-15(11-9-14)16-5-3-6-17-19-18(22-20(16)17)7-4-12-21-19;1-13(2)14-8-10-15(11-9-14)16-5-3-6-17-18-7-4-12-21-20(18)22-19(16)17;1-13(2)14-6-8-15(9-7-14)16-4-3-5-18-17-10-11-21-12-19(17)22-20(16)18;1-13(2)14-6-8-15(9-7-14)16-4-3-5-17-18-12-21-11-10-19(18)22-20(16)17;1-2-13-7-9-14(10-8-13)16-11-20-12-17-15-5-3-4-6-18(15)21-19(16)17/h4*3-13H,1-2H3;3-12H,2H2,1H3/i;;;;2D2. The van der Waals surface area contributed by atoms with Crippen LogP contribution < -0.4 is 0 Å². The maximum absolute atomic E-state index is 7.79. The maximum Gasteiger partial charge on any atom is 0.227 e. The van der Waals surface area contributed by atoms with Crippen LogP contribution in [0.5, 0.6) is 0 Å². The minimum atomic E-state index is -1.35. The van der Waals surface area contributed by atoms with Gasteiger partial charge in [0.05, 0.1) is 6.20 Å². The van der Waals surface area contributed by atoms with Crippen LogP contribution in [0.3, 0.4) is 0 Å². The summed E-state index contributed by atoms with van der Waals surface area (Å²) in [6.07, 6.45) is 13.1. The van der Waals surface area contributed by atoms with Crippen molar-refractivity contribution in [2.75, 3.05) is 0 Å². The van der Waals surface area contributed by atoms with E-state index in [1.54, 1.807) is 44.1 Å². The minimum Gasteiger partial charge on any atom is -0.455 e. The van der Waals surface area contributed by atoms with Gasteiger partial charge in [-0.1, -0.05) is 269 Å². The lowest BCUT2D eigenvalue weighted by Crippen LogP contribution is -1.86. The first kappa shape index (κ1) is 67.8. The zero-order valence-corrected chi connectivity index (χ0v) is 62.5. The fraction of sp³-hybridized carbons (Fsp3) is 0.141. The average Bonchev–Trinajstić information content (AvgIpc) is 1.66. The van der Waals surface area contributed by atoms with Gasteiger partial charge in [-0.15, -0.1) is 0 Å². The third kappa shape index (κ3) is 14.2. The zero-order chi connectivity index (χ0) is 76.4. The van der Waals surface area contributed by atoms with Gasteiger partial charge in [-0.2, -0.15) is 0 Å². The molecule has 0 N–H and O–H groups in total.